The maximum absolute atomic E-state index is 12.1. The second-order valence-corrected chi connectivity index (χ2v) is 7.09. The fraction of sp³-hybridized carbons (Fsp3) is 0.562. The van der Waals surface area contributed by atoms with Crippen LogP contribution in [0.2, 0.25) is 0 Å². The van der Waals surface area contributed by atoms with E-state index in [1.54, 1.807) is 22.6 Å². The Morgan fingerprint density at radius 3 is 2.73 bits per heavy atom. The molecule has 1 saturated heterocycles. The molecule has 2 aromatic heterocycles. The normalized spacial score (nSPS) is 16.2. The molecule has 1 aliphatic heterocycles. The lowest BCUT2D eigenvalue weighted by atomic mass is 9.95. The lowest BCUT2D eigenvalue weighted by Gasteiger charge is -2.33. The van der Waals surface area contributed by atoms with Gasteiger partial charge in [-0.15, -0.1) is 11.3 Å². The molecule has 0 radical (unpaired) electrons. The van der Waals surface area contributed by atoms with Crippen LogP contribution in [0.3, 0.4) is 0 Å². The minimum Gasteiger partial charge on any atom is -0.356 e. The quantitative estimate of drug-likeness (QED) is 0.873. The number of hydrogen-bond donors (Lipinski definition) is 0. The van der Waals surface area contributed by atoms with Gasteiger partial charge >= 0.3 is 0 Å². The summed E-state index contributed by atoms with van der Waals surface area (Å²) in [5.41, 5.74) is 0. The van der Waals surface area contributed by atoms with Crippen LogP contribution in [0.4, 0.5) is 5.82 Å². The molecule has 2 aromatic rings. The first-order valence-electron chi connectivity index (χ1n) is 7.79. The van der Waals surface area contributed by atoms with E-state index in [1.165, 1.54) is 4.88 Å². The maximum Gasteiger partial charge on any atom is 0.225 e. The van der Waals surface area contributed by atoms with Gasteiger partial charge in [-0.2, -0.15) is 0 Å². The van der Waals surface area contributed by atoms with Gasteiger partial charge in [0.05, 0.1) is 5.39 Å². The van der Waals surface area contributed by atoms with Crippen molar-refractivity contribution in [3.05, 3.63) is 17.3 Å². The summed E-state index contributed by atoms with van der Waals surface area (Å²) in [6.45, 7) is 3.93. The van der Waals surface area contributed by atoms with Crippen molar-refractivity contribution >= 4 is 33.3 Å². The Balaban J connectivity index is 1.79. The molecule has 0 saturated carbocycles. The molecule has 6 heteroatoms. The molecule has 3 heterocycles. The van der Waals surface area contributed by atoms with E-state index in [9.17, 15) is 4.79 Å². The number of thiophene rings is 1. The summed E-state index contributed by atoms with van der Waals surface area (Å²) in [6, 6.07) is 2.21. The molecule has 0 unspecified atom stereocenters. The van der Waals surface area contributed by atoms with Gasteiger partial charge in [0.15, 0.2) is 0 Å². The molecule has 0 aromatic carbocycles. The SMILES string of the molecule is CCc1cc2c(N3CCC(C(=O)N(C)C)CC3)ncnc2s1. The Labute approximate surface area is 135 Å². The average molecular weight is 318 g/mol. The third kappa shape index (κ3) is 2.79. The highest BCUT2D eigenvalue weighted by molar-refractivity contribution is 7.18. The number of anilines is 1. The van der Waals surface area contributed by atoms with Crippen molar-refractivity contribution < 1.29 is 4.79 Å². The molecule has 1 amide bonds. The van der Waals surface area contributed by atoms with Crippen LogP contribution in [-0.4, -0.2) is 48.0 Å². The van der Waals surface area contributed by atoms with Crippen LogP contribution in [0.15, 0.2) is 12.4 Å². The highest BCUT2D eigenvalue weighted by Gasteiger charge is 2.27. The Hall–Kier alpha value is -1.69. The molecule has 118 valence electrons. The molecule has 1 fully saturated rings. The summed E-state index contributed by atoms with van der Waals surface area (Å²) in [5, 5.41) is 1.15. The number of piperidine rings is 1. The zero-order chi connectivity index (χ0) is 15.7. The van der Waals surface area contributed by atoms with E-state index < -0.39 is 0 Å². The third-order valence-corrected chi connectivity index (χ3v) is 5.48. The fourth-order valence-electron chi connectivity index (χ4n) is 3.02. The number of carbonyl (C=O) groups excluding carboxylic acids is 1. The molecular weight excluding hydrogens is 296 g/mol. The van der Waals surface area contributed by atoms with Crippen molar-refractivity contribution in [1.82, 2.24) is 14.9 Å². The zero-order valence-corrected chi connectivity index (χ0v) is 14.2. The van der Waals surface area contributed by atoms with Gasteiger partial charge in [0.2, 0.25) is 5.91 Å². The van der Waals surface area contributed by atoms with Crippen LogP contribution in [0, 0.1) is 5.92 Å². The summed E-state index contributed by atoms with van der Waals surface area (Å²) >= 11 is 1.75. The van der Waals surface area contributed by atoms with Gasteiger partial charge in [-0.25, -0.2) is 9.97 Å². The van der Waals surface area contributed by atoms with Gasteiger partial charge in [0.25, 0.3) is 0 Å². The van der Waals surface area contributed by atoms with E-state index in [-0.39, 0.29) is 11.8 Å². The van der Waals surface area contributed by atoms with E-state index in [0.29, 0.717) is 0 Å². The number of nitrogens with zero attached hydrogens (tertiary/aromatic N) is 4. The van der Waals surface area contributed by atoms with Crippen LogP contribution in [-0.2, 0) is 11.2 Å². The first kappa shape index (κ1) is 15.2. The summed E-state index contributed by atoms with van der Waals surface area (Å²) in [5.74, 6) is 1.42. The second kappa shape index (κ2) is 6.20. The lowest BCUT2D eigenvalue weighted by Crippen LogP contribution is -2.40. The van der Waals surface area contributed by atoms with Gasteiger partial charge in [0, 0.05) is 38.0 Å². The van der Waals surface area contributed by atoms with Crippen molar-refractivity contribution in [2.24, 2.45) is 5.92 Å². The predicted octanol–water partition coefficient (Wildman–Crippen LogP) is 2.56. The lowest BCUT2D eigenvalue weighted by molar-refractivity contribution is -0.133. The summed E-state index contributed by atoms with van der Waals surface area (Å²) in [7, 11) is 3.67. The van der Waals surface area contributed by atoms with E-state index in [0.717, 1.165) is 48.4 Å². The number of aromatic nitrogens is 2. The molecule has 22 heavy (non-hydrogen) atoms. The Morgan fingerprint density at radius 1 is 1.36 bits per heavy atom. The third-order valence-electron chi connectivity index (χ3n) is 4.29. The standard InChI is InChI=1S/C16H22N4OS/c1-4-12-9-13-14(17-10-18-15(13)22-12)20-7-5-11(6-8-20)16(21)19(2)3/h9-11H,4-8H2,1-3H3. The number of hydrogen-bond acceptors (Lipinski definition) is 5. The van der Waals surface area contributed by atoms with Crippen LogP contribution in [0.5, 0.6) is 0 Å². The van der Waals surface area contributed by atoms with Gasteiger partial charge in [-0.3, -0.25) is 4.79 Å². The molecule has 0 spiro atoms. The molecule has 0 N–H and O–H groups in total. The average Bonchev–Trinajstić information content (AvgIpc) is 2.97. The molecule has 0 bridgehead atoms. The van der Waals surface area contributed by atoms with E-state index in [2.05, 4.69) is 27.9 Å². The van der Waals surface area contributed by atoms with Crippen LogP contribution in [0.1, 0.15) is 24.6 Å². The van der Waals surface area contributed by atoms with Crippen LogP contribution < -0.4 is 4.90 Å². The minimum atomic E-state index is 0.150. The molecular formula is C16H22N4OS. The van der Waals surface area contributed by atoms with E-state index in [1.807, 2.05) is 14.1 Å². The number of amides is 1. The monoisotopic (exact) mass is 318 g/mol. The van der Waals surface area contributed by atoms with Crippen molar-refractivity contribution in [3.8, 4) is 0 Å². The summed E-state index contributed by atoms with van der Waals surface area (Å²) < 4.78 is 0. The second-order valence-electron chi connectivity index (χ2n) is 5.98. The molecule has 1 aliphatic rings. The Morgan fingerprint density at radius 2 is 2.09 bits per heavy atom. The topological polar surface area (TPSA) is 49.3 Å². The molecule has 5 nitrogen and oxygen atoms in total. The predicted molar refractivity (Wildman–Crippen MR) is 90.4 cm³/mol. The van der Waals surface area contributed by atoms with Gasteiger partial charge in [-0.1, -0.05) is 6.92 Å². The highest BCUT2D eigenvalue weighted by atomic mass is 32.1. The van der Waals surface area contributed by atoms with Crippen molar-refractivity contribution in [2.45, 2.75) is 26.2 Å². The van der Waals surface area contributed by atoms with E-state index in [4.69, 9.17) is 0 Å². The van der Waals surface area contributed by atoms with Crippen molar-refractivity contribution in [1.29, 1.82) is 0 Å². The minimum absolute atomic E-state index is 0.150. The Bertz CT molecular complexity index is 674. The zero-order valence-electron chi connectivity index (χ0n) is 13.4. The van der Waals surface area contributed by atoms with Crippen molar-refractivity contribution in [3.63, 3.8) is 0 Å². The smallest absolute Gasteiger partial charge is 0.225 e. The molecule has 3 rings (SSSR count). The highest BCUT2D eigenvalue weighted by Crippen LogP contribution is 2.32. The van der Waals surface area contributed by atoms with Gasteiger partial charge in [-0.05, 0) is 25.3 Å². The first-order chi connectivity index (χ1) is 10.6. The van der Waals surface area contributed by atoms with Crippen LogP contribution in [0.25, 0.3) is 10.2 Å². The van der Waals surface area contributed by atoms with E-state index >= 15 is 0 Å². The summed E-state index contributed by atoms with van der Waals surface area (Å²) in [6.07, 6.45) is 4.48. The number of fused-ring (bicyclic) bond motifs is 1. The van der Waals surface area contributed by atoms with Crippen LogP contribution >= 0.6 is 11.3 Å². The Kier molecular flexibility index (Phi) is 4.29. The number of rotatable bonds is 3. The first-order valence-corrected chi connectivity index (χ1v) is 8.61. The van der Waals surface area contributed by atoms with Gasteiger partial charge < -0.3 is 9.80 Å². The fourth-order valence-corrected chi connectivity index (χ4v) is 3.95. The maximum atomic E-state index is 12.1. The number of aryl methyl sites for hydroxylation is 1. The number of carbonyl (C=O) groups is 1. The largest absolute Gasteiger partial charge is 0.356 e. The molecule has 0 aliphatic carbocycles. The van der Waals surface area contributed by atoms with Crippen molar-refractivity contribution in [2.75, 3.05) is 32.1 Å². The van der Waals surface area contributed by atoms with Gasteiger partial charge in [0.1, 0.15) is 17.0 Å². The summed E-state index contributed by atoms with van der Waals surface area (Å²) in [4.78, 5) is 27.4. The molecule has 0 atom stereocenters.